The summed E-state index contributed by atoms with van der Waals surface area (Å²) < 4.78 is 56.3. The fourth-order valence-electron chi connectivity index (χ4n) is 1.87. The summed E-state index contributed by atoms with van der Waals surface area (Å²) in [7, 11) is 0. The molecule has 2 rings (SSSR count). The van der Waals surface area contributed by atoms with Crippen LogP contribution in [-0.4, -0.2) is 25.7 Å². The number of hydrogen-bond donors (Lipinski definition) is 1. The molecule has 7 heteroatoms. The lowest BCUT2D eigenvalue weighted by molar-refractivity contribution is -0.140. The first-order valence-corrected chi connectivity index (χ1v) is 5.95. The smallest absolute Gasteiger partial charge is 0.380 e. The average molecular weight is 291 g/mol. The van der Waals surface area contributed by atoms with Gasteiger partial charge in [0.25, 0.3) is 5.91 Å². The van der Waals surface area contributed by atoms with Crippen LogP contribution in [0.15, 0.2) is 18.2 Å². The van der Waals surface area contributed by atoms with Gasteiger partial charge in [0.1, 0.15) is 5.82 Å². The van der Waals surface area contributed by atoms with Gasteiger partial charge in [0.05, 0.1) is 24.3 Å². The summed E-state index contributed by atoms with van der Waals surface area (Å²) in [6.45, 7) is 3.00. The van der Waals surface area contributed by atoms with Crippen LogP contribution in [0.3, 0.4) is 0 Å². The van der Waals surface area contributed by atoms with Gasteiger partial charge in [-0.15, -0.1) is 0 Å². The minimum Gasteiger partial charge on any atom is -0.380 e. The van der Waals surface area contributed by atoms with Crippen molar-refractivity contribution in [3.05, 3.63) is 35.1 Å². The number of halogens is 4. The fraction of sp³-hybridized carbons (Fsp3) is 0.462. The molecule has 1 heterocycles. The van der Waals surface area contributed by atoms with Crippen LogP contribution in [0.2, 0.25) is 0 Å². The quantitative estimate of drug-likeness (QED) is 0.869. The predicted molar refractivity (Wildman–Crippen MR) is 62.7 cm³/mol. The van der Waals surface area contributed by atoms with E-state index in [0.29, 0.717) is 19.3 Å². The Bertz CT molecular complexity index is 524. The van der Waals surface area contributed by atoms with Crippen LogP contribution in [-0.2, 0) is 10.9 Å². The number of carbonyl (C=O) groups excluding carboxylic acids is 1. The molecule has 0 unspecified atom stereocenters. The minimum absolute atomic E-state index is 0.224. The molecule has 0 spiro atoms. The van der Waals surface area contributed by atoms with E-state index in [2.05, 4.69) is 5.32 Å². The zero-order valence-corrected chi connectivity index (χ0v) is 10.7. The molecule has 1 aromatic rings. The van der Waals surface area contributed by atoms with Gasteiger partial charge in [-0.05, 0) is 12.1 Å². The molecular formula is C13H13F4NO2. The largest absolute Gasteiger partial charge is 0.419 e. The molecule has 20 heavy (non-hydrogen) atoms. The Kier molecular flexibility index (Phi) is 3.73. The Balaban J connectivity index is 2.14. The number of carbonyl (C=O) groups is 1. The lowest BCUT2D eigenvalue weighted by atomic mass is 9.88. The molecule has 1 N–H and O–H groups in total. The van der Waals surface area contributed by atoms with Gasteiger partial charge in [-0.3, -0.25) is 4.79 Å². The first kappa shape index (κ1) is 14.8. The minimum atomic E-state index is -4.83. The van der Waals surface area contributed by atoms with Crippen LogP contribution in [0.5, 0.6) is 0 Å². The van der Waals surface area contributed by atoms with Gasteiger partial charge in [0.15, 0.2) is 0 Å². The van der Waals surface area contributed by atoms with E-state index in [1.807, 2.05) is 6.92 Å². The Hall–Kier alpha value is -1.63. The normalized spacial score (nSPS) is 17.4. The highest BCUT2D eigenvalue weighted by Crippen LogP contribution is 2.32. The molecule has 1 amide bonds. The van der Waals surface area contributed by atoms with E-state index in [1.165, 1.54) is 0 Å². The zero-order valence-electron chi connectivity index (χ0n) is 10.7. The van der Waals surface area contributed by atoms with Crippen molar-refractivity contribution in [1.82, 2.24) is 5.32 Å². The number of benzene rings is 1. The highest BCUT2D eigenvalue weighted by Gasteiger charge is 2.37. The molecule has 1 saturated heterocycles. The van der Waals surface area contributed by atoms with Gasteiger partial charge < -0.3 is 10.1 Å². The van der Waals surface area contributed by atoms with Crippen LogP contribution >= 0.6 is 0 Å². The molecule has 0 radical (unpaired) electrons. The monoisotopic (exact) mass is 291 g/mol. The number of nitrogens with one attached hydrogen (secondary N) is 1. The van der Waals surface area contributed by atoms with Gasteiger partial charge in [0, 0.05) is 12.0 Å². The van der Waals surface area contributed by atoms with E-state index >= 15 is 0 Å². The summed E-state index contributed by atoms with van der Waals surface area (Å²) in [6.07, 6.45) is -4.83. The molecule has 110 valence electrons. The van der Waals surface area contributed by atoms with E-state index < -0.39 is 29.0 Å². The van der Waals surface area contributed by atoms with Crippen LogP contribution in [0, 0.1) is 11.2 Å². The number of rotatable bonds is 3. The maximum absolute atomic E-state index is 13.7. The van der Waals surface area contributed by atoms with Crippen molar-refractivity contribution in [3.8, 4) is 0 Å². The van der Waals surface area contributed by atoms with Gasteiger partial charge in [0.2, 0.25) is 0 Å². The Morgan fingerprint density at radius 1 is 1.40 bits per heavy atom. The number of alkyl halides is 3. The van der Waals surface area contributed by atoms with Crippen LogP contribution in [0.1, 0.15) is 22.8 Å². The maximum Gasteiger partial charge on any atom is 0.419 e. The molecule has 1 aromatic carbocycles. The second kappa shape index (κ2) is 5.05. The van der Waals surface area contributed by atoms with Crippen molar-refractivity contribution in [2.24, 2.45) is 5.41 Å². The van der Waals surface area contributed by atoms with Gasteiger partial charge in [-0.1, -0.05) is 13.0 Å². The van der Waals surface area contributed by atoms with E-state index in [1.54, 1.807) is 0 Å². The SMILES string of the molecule is CC1(CNC(=O)c2cccc(C(F)(F)F)c2F)COC1. The van der Waals surface area contributed by atoms with E-state index in [4.69, 9.17) is 4.74 Å². The van der Waals surface area contributed by atoms with Crippen molar-refractivity contribution in [2.45, 2.75) is 13.1 Å². The summed E-state index contributed by atoms with van der Waals surface area (Å²) in [5, 5.41) is 2.43. The molecular weight excluding hydrogens is 278 g/mol. The van der Waals surface area contributed by atoms with Gasteiger partial charge in [-0.2, -0.15) is 13.2 Å². The van der Waals surface area contributed by atoms with Gasteiger partial charge >= 0.3 is 6.18 Å². The van der Waals surface area contributed by atoms with Gasteiger partial charge in [-0.25, -0.2) is 4.39 Å². The highest BCUT2D eigenvalue weighted by molar-refractivity contribution is 5.94. The molecule has 1 fully saturated rings. The third kappa shape index (κ3) is 2.92. The molecule has 0 saturated carbocycles. The van der Waals surface area contributed by atoms with Crippen LogP contribution in [0.25, 0.3) is 0 Å². The van der Waals surface area contributed by atoms with Crippen molar-refractivity contribution in [2.75, 3.05) is 19.8 Å². The molecule has 0 aromatic heterocycles. The van der Waals surface area contributed by atoms with E-state index in [9.17, 15) is 22.4 Å². The second-order valence-electron chi connectivity index (χ2n) is 5.15. The summed E-state index contributed by atoms with van der Waals surface area (Å²) in [4.78, 5) is 11.8. The maximum atomic E-state index is 13.7. The summed E-state index contributed by atoms with van der Waals surface area (Å²) in [6, 6.07) is 2.64. The number of ether oxygens (including phenoxy) is 1. The summed E-state index contributed by atoms with van der Waals surface area (Å²) in [5.41, 5.74) is -2.29. The topological polar surface area (TPSA) is 38.3 Å². The number of amides is 1. The number of hydrogen-bond acceptors (Lipinski definition) is 2. The summed E-state index contributed by atoms with van der Waals surface area (Å²) >= 11 is 0. The van der Waals surface area contributed by atoms with Crippen molar-refractivity contribution < 1.29 is 27.1 Å². The van der Waals surface area contributed by atoms with Crippen molar-refractivity contribution in [3.63, 3.8) is 0 Å². The standard InChI is InChI=1S/C13H13F4NO2/c1-12(6-20-7-12)5-18-11(19)8-3-2-4-9(10(8)14)13(15,16)17/h2-4H,5-7H2,1H3,(H,18,19). The Morgan fingerprint density at radius 3 is 2.55 bits per heavy atom. The first-order chi connectivity index (χ1) is 9.23. The highest BCUT2D eigenvalue weighted by atomic mass is 19.4. The Morgan fingerprint density at radius 2 is 2.05 bits per heavy atom. The predicted octanol–water partition coefficient (Wildman–Crippen LogP) is 2.61. The molecule has 3 nitrogen and oxygen atoms in total. The third-order valence-corrected chi connectivity index (χ3v) is 3.13. The van der Waals surface area contributed by atoms with Crippen molar-refractivity contribution >= 4 is 5.91 Å². The average Bonchev–Trinajstić information content (AvgIpc) is 2.32. The summed E-state index contributed by atoms with van der Waals surface area (Å²) in [5.74, 6) is -2.41. The zero-order chi connectivity index (χ0) is 15.0. The first-order valence-electron chi connectivity index (χ1n) is 5.95. The third-order valence-electron chi connectivity index (χ3n) is 3.13. The molecule has 0 bridgehead atoms. The van der Waals surface area contributed by atoms with Crippen LogP contribution < -0.4 is 5.32 Å². The molecule has 1 aliphatic heterocycles. The fourth-order valence-corrected chi connectivity index (χ4v) is 1.87. The van der Waals surface area contributed by atoms with Crippen molar-refractivity contribution in [1.29, 1.82) is 0 Å². The Labute approximate surface area is 112 Å². The lowest BCUT2D eigenvalue weighted by Gasteiger charge is -2.38. The second-order valence-corrected chi connectivity index (χ2v) is 5.15. The van der Waals surface area contributed by atoms with E-state index in [0.717, 1.165) is 12.1 Å². The molecule has 0 aliphatic carbocycles. The van der Waals surface area contributed by atoms with Crippen LogP contribution in [0.4, 0.5) is 17.6 Å². The van der Waals surface area contributed by atoms with E-state index in [-0.39, 0.29) is 12.0 Å². The lowest BCUT2D eigenvalue weighted by Crippen LogP contribution is -2.48. The molecule has 0 atom stereocenters. The molecule has 1 aliphatic rings.